The van der Waals surface area contributed by atoms with E-state index in [4.69, 9.17) is 5.73 Å². The second kappa shape index (κ2) is 6.36. The van der Waals surface area contributed by atoms with E-state index < -0.39 is 0 Å². The standard InChI is InChI=1S/C16H22N6O/c1-10-6-11(2)8-13(7-10)18-15(23)12-4-3-5-14(9-12)22-16(17)19-20-21-22/h3-5,9-11,13H,6-8H2,1-2H3,(H,18,23)(H2,17,19,21). The average Bonchev–Trinajstić information content (AvgIpc) is 2.92. The molecule has 0 radical (unpaired) electrons. The molecule has 1 aliphatic carbocycles. The summed E-state index contributed by atoms with van der Waals surface area (Å²) in [6.45, 7) is 4.49. The van der Waals surface area contributed by atoms with Crippen molar-refractivity contribution in [1.29, 1.82) is 0 Å². The molecule has 23 heavy (non-hydrogen) atoms. The summed E-state index contributed by atoms with van der Waals surface area (Å²) in [5, 5.41) is 14.1. The number of nitrogens with one attached hydrogen (secondary N) is 1. The predicted molar refractivity (Wildman–Crippen MR) is 87.0 cm³/mol. The summed E-state index contributed by atoms with van der Waals surface area (Å²) in [6.07, 6.45) is 3.31. The van der Waals surface area contributed by atoms with Crippen molar-refractivity contribution in [3.8, 4) is 5.69 Å². The molecule has 2 aromatic rings. The number of hydrogen-bond donors (Lipinski definition) is 2. The zero-order valence-corrected chi connectivity index (χ0v) is 13.4. The summed E-state index contributed by atoms with van der Waals surface area (Å²) in [5.74, 6) is 1.43. The third kappa shape index (κ3) is 3.49. The molecule has 1 heterocycles. The van der Waals surface area contributed by atoms with Crippen molar-refractivity contribution in [3.63, 3.8) is 0 Å². The Morgan fingerprint density at radius 1 is 1.26 bits per heavy atom. The van der Waals surface area contributed by atoms with E-state index in [1.165, 1.54) is 11.1 Å². The molecule has 1 amide bonds. The van der Waals surface area contributed by atoms with Crippen LogP contribution in [0.15, 0.2) is 24.3 Å². The maximum atomic E-state index is 12.5. The van der Waals surface area contributed by atoms with E-state index in [1.807, 2.05) is 6.07 Å². The third-order valence-electron chi connectivity index (χ3n) is 4.36. The molecule has 2 atom stereocenters. The van der Waals surface area contributed by atoms with Crippen LogP contribution in [0.25, 0.3) is 5.69 Å². The van der Waals surface area contributed by atoms with Crippen LogP contribution >= 0.6 is 0 Å². The summed E-state index contributed by atoms with van der Waals surface area (Å²) < 4.78 is 1.40. The quantitative estimate of drug-likeness (QED) is 0.900. The number of nitrogens with two attached hydrogens (primary N) is 1. The van der Waals surface area contributed by atoms with Gasteiger partial charge in [0.05, 0.1) is 5.69 Å². The molecular formula is C16H22N6O. The van der Waals surface area contributed by atoms with Gasteiger partial charge >= 0.3 is 0 Å². The molecule has 1 aromatic heterocycles. The Bertz CT molecular complexity index is 687. The van der Waals surface area contributed by atoms with E-state index in [2.05, 4.69) is 34.7 Å². The van der Waals surface area contributed by atoms with Crippen molar-refractivity contribution < 1.29 is 4.79 Å². The van der Waals surface area contributed by atoms with Crippen molar-refractivity contribution >= 4 is 11.9 Å². The molecular weight excluding hydrogens is 292 g/mol. The number of aromatic nitrogens is 4. The highest BCUT2D eigenvalue weighted by Crippen LogP contribution is 2.28. The van der Waals surface area contributed by atoms with Gasteiger partial charge in [0.2, 0.25) is 5.95 Å². The van der Waals surface area contributed by atoms with Crippen molar-refractivity contribution in [3.05, 3.63) is 29.8 Å². The Labute approximate surface area is 135 Å². The van der Waals surface area contributed by atoms with Crippen LogP contribution in [0.4, 0.5) is 5.95 Å². The summed E-state index contributed by atoms with van der Waals surface area (Å²) in [7, 11) is 0. The van der Waals surface area contributed by atoms with E-state index in [1.54, 1.807) is 18.2 Å². The first-order valence-corrected chi connectivity index (χ1v) is 7.98. The van der Waals surface area contributed by atoms with Gasteiger partial charge in [-0.25, -0.2) is 0 Å². The highest BCUT2D eigenvalue weighted by Gasteiger charge is 2.25. The number of amides is 1. The third-order valence-corrected chi connectivity index (χ3v) is 4.36. The SMILES string of the molecule is CC1CC(C)CC(NC(=O)c2cccc(-n3nnnc3N)c2)C1. The molecule has 1 aliphatic rings. The van der Waals surface area contributed by atoms with Crippen LogP contribution in [0.5, 0.6) is 0 Å². The smallest absolute Gasteiger partial charge is 0.251 e. The fourth-order valence-corrected chi connectivity index (χ4v) is 3.49. The molecule has 2 unspecified atom stereocenters. The van der Waals surface area contributed by atoms with Gasteiger partial charge in [0.1, 0.15) is 0 Å². The van der Waals surface area contributed by atoms with Crippen LogP contribution in [-0.4, -0.2) is 32.2 Å². The topological polar surface area (TPSA) is 98.7 Å². The van der Waals surface area contributed by atoms with Crippen LogP contribution < -0.4 is 11.1 Å². The molecule has 1 aromatic carbocycles. The van der Waals surface area contributed by atoms with E-state index in [0.29, 0.717) is 23.1 Å². The van der Waals surface area contributed by atoms with Gasteiger partial charge in [0.25, 0.3) is 5.91 Å². The van der Waals surface area contributed by atoms with E-state index in [-0.39, 0.29) is 17.9 Å². The zero-order chi connectivity index (χ0) is 16.4. The summed E-state index contributed by atoms with van der Waals surface area (Å²) >= 11 is 0. The largest absolute Gasteiger partial charge is 0.366 e. The monoisotopic (exact) mass is 314 g/mol. The summed E-state index contributed by atoms with van der Waals surface area (Å²) in [4.78, 5) is 12.5. The number of nitrogens with zero attached hydrogens (tertiary/aromatic N) is 4. The molecule has 122 valence electrons. The number of hydrogen-bond acceptors (Lipinski definition) is 5. The molecule has 3 N–H and O–H groups in total. The van der Waals surface area contributed by atoms with Crippen LogP contribution in [0.3, 0.4) is 0 Å². The van der Waals surface area contributed by atoms with Crippen molar-refractivity contribution in [2.45, 2.75) is 39.2 Å². The fourth-order valence-electron chi connectivity index (χ4n) is 3.49. The first kappa shape index (κ1) is 15.5. The number of carbonyl (C=O) groups excluding carboxylic acids is 1. The first-order chi connectivity index (χ1) is 11.0. The Morgan fingerprint density at radius 2 is 2.00 bits per heavy atom. The van der Waals surface area contributed by atoms with Gasteiger partial charge < -0.3 is 11.1 Å². The lowest BCUT2D eigenvalue weighted by Crippen LogP contribution is -2.40. The van der Waals surface area contributed by atoms with Gasteiger partial charge in [-0.1, -0.05) is 25.0 Å². The van der Waals surface area contributed by atoms with Gasteiger partial charge in [-0.2, -0.15) is 4.68 Å². The van der Waals surface area contributed by atoms with Gasteiger partial charge in [-0.05, 0) is 59.7 Å². The minimum atomic E-state index is -0.0650. The minimum Gasteiger partial charge on any atom is -0.366 e. The number of tetrazole rings is 1. The van der Waals surface area contributed by atoms with Crippen molar-refractivity contribution in [1.82, 2.24) is 25.5 Å². The number of carbonyl (C=O) groups is 1. The Kier molecular flexibility index (Phi) is 4.27. The molecule has 7 nitrogen and oxygen atoms in total. The lowest BCUT2D eigenvalue weighted by Gasteiger charge is -2.32. The van der Waals surface area contributed by atoms with E-state index >= 15 is 0 Å². The number of rotatable bonds is 3. The Balaban J connectivity index is 1.74. The summed E-state index contributed by atoms with van der Waals surface area (Å²) in [6, 6.07) is 7.39. The molecule has 3 rings (SSSR count). The Hall–Kier alpha value is -2.44. The minimum absolute atomic E-state index is 0.0650. The highest BCUT2D eigenvalue weighted by atomic mass is 16.1. The number of anilines is 1. The van der Waals surface area contributed by atoms with Gasteiger partial charge in [-0.15, -0.1) is 0 Å². The van der Waals surface area contributed by atoms with Crippen molar-refractivity contribution in [2.75, 3.05) is 5.73 Å². The lowest BCUT2D eigenvalue weighted by atomic mass is 9.80. The molecule has 0 aliphatic heterocycles. The predicted octanol–water partition coefficient (Wildman–Crippen LogP) is 1.80. The van der Waals surface area contributed by atoms with Crippen molar-refractivity contribution in [2.24, 2.45) is 11.8 Å². The summed E-state index contributed by atoms with van der Waals surface area (Å²) in [5.41, 5.74) is 6.96. The van der Waals surface area contributed by atoms with Crippen LogP contribution in [0, 0.1) is 11.8 Å². The lowest BCUT2D eigenvalue weighted by molar-refractivity contribution is 0.0911. The van der Waals surface area contributed by atoms with Gasteiger partial charge in [0.15, 0.2) is 0 Å². The molecule has 7 heteroatoms. The second-order valence-electron chi connectivity index (χ2n) is 6.59. The van der Waals surface area contributed by atoms with E-state index in [9.17, 15) is 4.79 Å². The maximum absolute atomic E-state index is 12.5. The van der Waals surface area contributed by atoms with Crippen LogP contribution in [-0.2, 0) is 0 Å². The molecule has 0 saturated heterocycles. The number of benzene rings is 1. The average molecular weight is 314 g/mol. The molecule has 0 bridgehead atoms. The van der Waals surface area contributed by atoms with E-state index in [0.717, 1.165) is 12.8 Å². The fraction of sp³-hybridized carbons (Fsp3) is 0.500. The normalized spacial score (nSPS) is 24.3. The number of nitrogen functional groups attached to an aromatic ring is 1. The molecule has 1 saturated carbocycles. The maximum Gasteiger partial charge on any atom is 0.251 e. The van der Waals surface area contributed by atoms with Crippen LogP contribution in [0.1, 0.15) is 43.5 Å². The van der Waals surface area contributed by atoms with Gasteiger partial charge in [-0.3, -0.25) is 4.79 Å². The molecule has 1 fully saturated rings. The highest BCUT2D eigenvalue weighted by molar-refractivity contribution is 5.94. The van der Waals surface area contributed by atoms with Crippen LogP contribution in [0.2, 0.25) is 0 Å². The zero-order valence-electron chi connectivity index (χ0n) is 13.4. The first-order valence-electron chi connectivity index (χ1n) is 7.98. The Morgan fingerprint density at radius 3 is 2.65 bits per heavy atom. The molecule has 0 spiro atoms. The van der Waals surface area contributed by atoms with Gasteiger partial charge in [0, 0.05) is 11.6 Å². The second-order valence-corrected chi connectivity index (χ2v) is 6.59.